The monoisotopic (exact) mass is 313 g/mol. The molecule has 1 aromatic rings. The number of likely N-dealkylation sites (tertiary alicyclic amines) is 1. The van der Waals surface area contributed by atoms with E-state index in [0.29, 0.717) is 16.2 Å². The number of pyridine rings is 1. The normalized spacial score (nSPS) is 21.3. The zero-order valence-corrected chi connectivity index (χ0v) is 13.1. The van der Waals surface area contributed by atoms with Crippen molar-refractivity contribution in [2.75, 3.05) is 19.6 Å². The first-order valence-electron chi connectivity index (χ1n) is 7.47. The third kappa shape index (κ3) is 4.08. The van der Waals surface area contributed by atoms with E-state index in [1.54, 1.807) is 6.07 Å². The van der Waals surface area contributed by atoms with Crippen molar-refractivity contribution in [1.82, 2.24) is 15.2 Å². The fourth-order valence-corrected chi connectivity index (χ4v) is 3.06. The first-order valence-corrected chi connectivity index (χ1v) is 8.23. The van der Waals surface area contributed by atoms with Crippen LogP contribution in [0.2, 0.25) is 10.2 Å². The van der Waals surface area contributed by atoms with Crippen molar-refractivity contribution >= 4 is 23.2 Å². The number of piperidine rings is 1. The molecule has 0 amide bonds. The molecule has 1 N–H and O–H groups in total. The van der Waals surface area contributed by atoms with Gasteiger partial charge in [0.2, 0.25) is 0 Å². The van der Waals surface area contributed by atoms with Gasteiger partial charge >= 0.3 is 0 Å². The summed E-state index contributed by atoms with van der Waals surface area (Å²) in [5.74, 6) is 0.961. The number of aromatic nitrogens is 1. The smallest absolute Gasteiger partial charge is 0.129 e. The largest absolute Gasteiger partial charge is 0.314 e. The van der Waals surface area contributed by atoms with Crippen molar-refractivity contribution in [3.05, 3.63) is 28.0 Å². The summed E-state index contributed by atoms with van der Waals surface area (Å²) in [5, 5.41) is 4.93. The van der Waals surface area contributed by atoms with Crippen molar-refractivity contribution in [1.29, 1.82) is 0 Å². The van der Waals surface area contributed by atoms with Crippen LogP contribution in [0.25, 0.3) is 0 Å². The van der Waals surface area contributed by atoms with Gasteiger partial charge in [-0.2, -0.15) is 0 Å². The molecule has 20 heavy (non-hydrogen) atoms. The van der Waals surface area contributed by atoms with E-state index < -0.39 is 0 Å². The van der Waals surface area contributed by atoms with Gasteiger partial charge in [-0.3, -0.25) is 4.90 Å². The SMILES string of the molecule is Clc1ccc(Cl)c(CN2CCC(NCC3CC3)CC2)n1. The molecule has 1 aliphatic heterocycles. The van der Waals surface area contributed by atoms with Crippen molar-refractivity contribution < 1.29 is 0 Å². The molecule has 1 saturated heterocycles. The van der Waals surface area contributed by atoms with Gasteiger partial charge in [-0.15, -0.1) is 0 Å². The van der Waals surface area contributed by atoms with Crippen molar-refractivity contribution in [2.45, 2.75) is 38.3 Å². The molecule has 5 heteroatoms. The highest BCUT2D eigenvalue weighted by atomic mass is 35.5. The molecule has 1 aromatic heterocycles. The lowest BCUT2D eigenvalue weighted by Crippen LogP contribution is -2.42. The van der Waals surface area contributed by atoms with Gasteiger partial charge in [0.15, 0.2) is 0 Å². The predicted molar refractivity (Wildman–Crippen MR) is 83.3 cm³/mol. The number of hydrogen-bond acceptors (Lipinski definition) is 3. The first kappa shape index (κ1) is 14.6. The topological polar surface area (TPSA) is 28.2 Å². The van der Waals surface area contributed by atoms with Crippen LogP contribution in [0.5, 0.6) is 0 Å². The molecule has 0 aromatic carbocycles. The maximum absolute atomic E-state index is 6.18. The summed E-state index contributed by atoms with van der Waals surface area (Å²) in [4.78, 5) is 6.75. The summed E-state index contributed by atoms with van der Waals surface area (Å²) in [5.41, 5.74) is 0.892. The summed E-state index contributed by atoms with van der Waals surface area (Å²) in [6.45, 7) is 4.22. The van der Waals surface area contributed by atoms with E-state index in [2.05, 4.69) is 15.2 Å². The molecule has 0 radical (unpaired) electrons. The Morgan fingerprint density at radius 3 is 2.60 bits per heavy atom. The second-order valence-electron chi connectivity index (χ2n) is 5.96. The lowest BCUT2D eigenvalue weighted by molar-refractivity contribution is 0.188. The molecular formula is C15H21Cl2N3. The van der Waals surface area contributed by atoms with E-state index >= 15 is 0 Å². The van der Waals surface area contributed by atoms with E-state index in [1.807, 2.05) is 6.07 Å². The summed E-state index contributed by atoms with van der Waals surface area (Å²) in [7, 11) is 0. The minimum Gasteiger partial charge on any atom is -0.314 e. The summed E-state index contributed by atoms with van der Waals surface area (Å²) in [6.07, 6.45) is 5.27. The molecule has 0 bridgehead atoms. The van der Waals surface area contributed by atoms with Crippen molar-refractivity contribution in [3.8, 4) is 0 Å². The predicted octanol–water partition coefficient (Wildman–Crippen LogP) is 3.35. The lowest BCUT2D eigenvalue weighted by Gasteiger charge is -2.32. The molecule has 0 spiro atoms. The van der Waals surface area contributed by atoms with E-state index in [9.17, 15) is 0 Å². The molecule has 3 rings (SSSR count). The Labute approximate surface area is 130 Å². The third-order valence-electron chi connectivity index (χ3n) is 4.24. The molecule has 3 nitrogen and oxygen atoms in total. The van der Waals surface area contributed by atoms with Gasteiger partial charge in [-0.05, 0) is 50.3 Å². The fourth-order valence-electron chi connectivity index (χ4n) is 2.73. The minimum absolute atomic E-state index is 0.519. The lowest BCUT2D eigenvalue weighted by atomic mass is 10.0. The van der Waals surface area contributed by atoms with Gasteiger partial charge in [0.1, 0.15) is 5.15 Å². The van der Waals surface area contributed by atoms with Crippen LogP contribution in [-0.2, 0) is 6.54 Å². The van der Waals surface area contributed by atoms with E-state index in [1.165, 1.54) is 32.2 Å². The number of hydrogen-bond donors (Lipinski definition) is 1. The Balaban J connectivity index is 1.46. The van der Waals surface area contributed by atoms with Crippen LogP contribution >= 0.6 is 23.2 Å². The summed E-state index contributed by atoms with van der Waals surface area (Å²) in [6, 6.07) is 4.26. The Kier molecular flexibility index (Phi) is 4.82. The Morgan fingerprint density at radius 1 is 1.15 bits per heavy atom. The highest BCUT2D eigenvalue weighted by molar-refractivity contribution is 6.32. The highest BCUT2D eigenvalue weighted by Crippen LogP contribution is 2.28. The van der Waals surface area contributed by atoms with Crippen LogP contribution in [0.15, 0.2) is 12.1 Å². The van der Waals surface area contributed by atoms with E-state index in [-0.39, 0.29) is 0 Å². The van der Waals surface area contributed by atoms with Gasteiger partial charge < -0.3 is 5.32 Å². The zero-order valence-electron chi connectivity index (χ0n) is 11.6. The van der Waals surface area contributed by atoms with Crippen LogP contribution in [-0.4, -0.2) is 35.6 Å². The molecule has 0 unspecified atom stereocenters. The van der Waals surface area contributed by atoms with Gasteiger partial charge in [-0.1, -0.05) is 23.2 Å². The van der Waals surface area contributed by atoms with Crippen LogP contribution in [0.1, 0.15) is 31.4 Å². The standard InChI is InChI=1S/C15H21Cl2N3/c16-13-3-4-15(17)19-14(13)10-20-7-5-12(6-8-20)18-9-11-1-2-11/h3-4,11-12,18H,1-2,5-10H2. The third-order valence-corrected chi connectivity index (χ3v) is 4.79. The number of nitrogens with one attached hydrogen (secondary N) is 1. The number of nitrogens with zero attached hydrogens (tertiary/aromatic N) is 2. The van der Waals surface area contributed by atoms with Gasteiger partial charge in [-0.25, -0.2) is 4.98 Å². The second kappa shape index (κ2) is 6.61. The Morgan fingerprint density at radius 2 is 1.90 bits per heavy atom. The zero-order chi connectivity index (χ0) is 13.9. The molecule has 0 atom stereocenters. The minimum atomic E-state index is 0.519. The van der Waals surface area contributed by atoms with Gasteiger partial charge in [0.05, 0.1) is 10.7 Å². The molecule has 2 aliphatic rings. The average Bonchev–Trinajstić information content (AvgIpc) is 3.26. The van der Waals surface area contributed by atoms with Crippen molar-refractivity contribution in [3.63, 3.8) is 0 Å². The summed E-state index contributed by atoms with van der Waals surface area (Å²) < 4.78 is 0. The second-order valence-corrected chi connectivity index (χ2v) is 6.76. The van der Waals surface area contributed by atoms with Crippen LogP contribution < -0.4 is 5.32 Å². The molecule has 110 valence electrons. The van der Waals surface area contributed by atoms with Crippen LogP contribution in [0.3, 0.4) is 0 Å². The van der Waals surface area contributed by atoms with E-state index in [4.69, 9.17) is 23.2 Å². The van der Waals surface area contributed by atoms with Gasteiger partial charge in [0.25, 0.3) is 0 Å². The number of rotatable bonds is 5. The Bertz CT molecular complexity index is 454. The molecule has 1 aliphatic carbocycles. The van der Waals surface area contributed by atoms with Gasteiger partial charge in [0, 0.05) is 25.7 Å². The quantitative estimate of drug-likeness (QED) is 0.845. The first-order chi connectivity index (χ1) is 9.70. The van der Waals surface area contributed by atoms with E-state index in [0.717, 1.165) is 31.2 Å². The average molecular weight is 314 g/mol. The van der Waals surface area contributed by atoms with Crippen LogP contribution in [0, 0.1) is 5.92 Å². The molecule has 2 heterocycles. The molecule has 1 saturated carbocycles. The molecular weight excluding hydrogens is 293 g/mol. The Hall–Kier alpha value is -0.350. The maximum atomic E-state index is 6.18. The summed E-state index contributed by atoms with van der Waals surface area (Å²) >= 11 is 12.1. The van der Waals surface area contributed by atoms with Crippen molar-refractivity contribution in [2.24, 2.45) is 5.92 Å². The molecule has 2 fully saturated rings. The maximum Gasteiger partial charge on any atom is 0.129 e. The highest BCUT2D eigenvalue weighted by Gasteiger charge is 2.24. The number of halogens is 2. The fraction of sp³-hybridized carbons (Fsp3) is 0.667. The van der Waals surface area contributed by atoms with Crippen LogP contribution in [0.4, 0.5) is 0 Å².